The Labute approximate surface area is 77.0 Å². The third-order valence-electron chi connectivity index (χ3n) is 1.59. The van der Waals surface area contributed by atoms with E-state index >= 15 is 0 Å². The van der Waals surface area contributed by atoms with Gasteiger partial charge >= 0.3 is 0 Å². The summed E-state index contributed by atoms with van der Waals surface area (Å²) in [5, 5.41) is 3.57. The maximum Gasteiger partial charge on any atom is 0.210 e. The second kappa shape index (κ2) is 4.40. The van der Waals surface area contributed by atoms with Crippen molar-refractivity contribution >= 4 is 11.5 Å². The van der Waals surface area contributed by atoms with Gasteiger partial charge in [0.25, 0.3) is 0 Å². The third-order valence-corrected chi connectivity index (χ3v) is 1.59. The first-order chi connectivity index (χ1) is 6.25. The summed E-state index contributed by atoms with van der Waals surface area (Å²) in [6, 6.07) is 8.98. The first kappa shape index (κ1) is 9.45. The zero-order chi connectivity index (χ0) is 9.68. The number of carbonyl (C=O) groups is 1. The Morgan fingerprint density at radius 3 is 2.46 bits per heavy atom. The third kappa shape index (κ3) is 2.40. The van der Waals surface area contributed by atoms with Gasteiger partial charge in [-0.05, 0) is 6.92 Å². The Bertz CT molecular complexity index is 317. The largest absolute Gasteiger partial charge is 0.399 e. The number of rotatable bonds is 3. The number of Topliss-reactive ketones (excluding diaryl/α,β-unsaturated/α-hetero) is 1. The molecule has 0 aliphatic carbocycles. The van der Waals surface area contributed by atoms with E-state index in [0.29, 0.717) is 11.3 Å². The zero-order valence-electron chi connectivity index (χ0n) is 7.65. The lowest BCUT2D eigenvalue weighted by molar-refractivity contribution is 0.105. The minimum Gasteiger partial charge on any atom is -0.399 e. The van der Waals surface area contributed by atoms with E-state index in [9.17, 15) is 4.79 Å². The van der Waals surface area contributed by atoms with E-state index in [1.54, 1.807) is 19.1 Å². The van der Waals surface area contributed by atoms with Gasteiger partial charge in [-0.1, -0.05) is 35.5 Å². The maximum atomic E-state index is 11.5. The predicted molar refractivity (Wildman–Crippen MR) is 50.9 cm³/mol. The van der Waals surface area contributed by atoms with Crippen LogP contribution < -0.4 is 0 Å². The molecule has 0 bridgehead atoms. The van der Waals surface area contributed by atoms with Crippen LogP contribution in [0.5, 0.6) is 0 Å². The standard InChI is InChI=1S/C10H11NO2/c1-8(11-13-2)10(12)9-6-4-3-5-7-9/h3-7H,1-2H3/b11-8+. The van der Waals surface area contributed by atoms with Crippen LogP contribution >= 0.6 is 0 Å². The highest BCUT2D eigenvalue weighted by Crippen LogP contribution is 2.01. The first-order valence-electron chi connectivity index (χ1n) is 3.93. The highest BCUT2D eigenvalue weighted by atomic mass is 16.6. The molecule has 0 N–H and O–H groups in total. The van der Waals surface area contributed by atoms with Gasteiger partial charge in [-0.3, -0.25) is 4.79 Å². The minimum atomic E-state index is -0.109. The summed E-state index contributed by atoms with van der Waals surface area (Å²) in [6.45, 7) is 1.62. The number of benzene rings is 1. The van der Waals surface area contributed by atoms with Crippen LogP contribution in [0.1, 0.15) is 17.3 Å². The van der Waals surface area contributed by atoms with E-state index in [2.05, 4.69) is 9.99 Å². The quantitative estimate of drug-likeness (QED) is 0.401. The van der Waals surface area contributed by atoms with Gasteiger partial charge < -0.3 is 4.84 Å². The molecule has 0 saturated carbocycles. The number of hydrogen-bond acceptors (Lipinski definition) is 3. The molecule has 0 spiro atoms. The number of oxime groups is 1. The molecule has 1 aromatic rings. The molecule has 0 aromatic heterocycles. The van der Waals surface area contributed by atoms with Gasteiger partial charge in [0.05, 0.1) is 0 Å². The fourth-order valence-corrected chi connectivity index (χ4v) is 0.977. The molecule has 0 aliphatic rings. The summed E-state index contributed by atoms with van der Waals surface area (Å²) >= 11 is 0. The topological polar surface area (TPSA) is 38.7 Å². The molecule has 0 fully saturated rings. The minimum absolute atomic E-state index is 0.109. The summed E-state index contributed by atoms with van der Waals surface area (Å²) in [4.78, 5) is 16.0. The summed E-state index contributed by atoms with van der Waals surface area (Å²) in [5.41, 5.74) is 0.981. The van der Waals surface area contributed by atoms with Crippen molar-refractivity contribution in [2.75, 3.05) is 7.11 Å². The smallest absolute Gasteiger partial charge is 0.210 e. The normalized spacial score (nSPS) is 11.1. The van der Waals surface area contributed by atoms with Gasteiger partial charge in [-0.25, -0.2) is 0 Å². The van der Waals surface area contributed by atoms with Crippen LogP contribution in [-0.4, -0.2) is 18.6 Å². The predicted octanol–water partition coefficient (Wildman–Crippen LogP) is 1.89. The molecule has 0 saturated heterocycles. The molecule has 68 valence electrons. The highest BCUT2D eigenvalue weighted by Gasteiger charge is 2.08. The molecule has 0 radical (unpaired) electrons. The van der Waals surface area contributed by atoms with E-state index in [0.717, 1.165) is 0 Å². The lowest BCUT2D eigenvalue weighted by atomic mass is 10.1. The first-order valence-corrected chi connectivity index (χ1v) is 3.93. The Hall–Kier alpha value is -1.64. The Morgan fingerprint density at radius 1 is 1.31 bits per heavy atom. The summed E-state index contributed by atoms with van der Waals surface area (Å²) in [7, 11) is 1.42. The number of nitrogens with zero attached hydrogens (tertiary/aromatic N) is 1. The van der Waals surface area contributed by atoms with Gasteiger partial charge in [-0.15, -0.1) is 0 Å². The van der Waals surface area contributed by atoms with Crippen molar-refractivity contribution in [3.05, 3.63) is 35.9 Å². The van der Waals surface area contributed by atoms with Crippen LogP contribution in [0.4, 0.5) is 0 Å². The molecule has 3 heteroatoms. The van der Waals surface area contributed by atoms with Crippen LogP contribution in [0, 0.1) is 0 Å². The van der Waals surface area contributed by atoms with E-state index < -0.39 is 0 Å². The van der Waals surface area contributed by atoms with Crippen LogP contribution in [0.15, 0.2) is 35.5 Å². The lowest BCUT2D eigenvalue weighted by Crippen LogP contribution is -2.10. The van der Waals surface area contributed by atoms with Gasteiger partial charge in [0.1, 0.15) is 12.8 Å². The van der Waals surface area contributed by atoms with E-state index in [1.165, 1.54) is 7.11 Å². The molecule has 0 amide bonds. The molecule has 0 aliphatic heterocycles. The van der Waals surface area contributed by atoms with Gasteiger partial charge in [0.15, 0.2) is 0 Å². The van der Waals surface area contributed by atoms with E-state index in [4.69, 9.17) is 0 Å². The lowest BCUT2D eigenvalue weighted by Gasteiger charge is -1.98. The second-order valence-corrected chi connectivity index (χ2v) is 2.55. The highest BCUT2D eigenvalue weighted by molar-refractivity contribution is 6.45. The molecule has 1 rings (SSSR count). The van der Waals surface area contributed by atoms with Crippen molar-refractivity contribution in [1.29, 1.82) is 0 Å². The SMILES string of the molecule is CO/N=C(\C)C(=O)c1ccccc1. The van der Waals surface area contributed by atoms with Crippen LogP contribution in [0.2, 0.25) is 0 Å². The van der Waals surface area contributed by atoms with Crippen molar-refractivity contribution in [2.45, 2.75) is 6.92 Å². The van der Waals surface area contributed by atoms with Crippen molar-refractivity contribution in [3.8, 4) is 0 Å². The number of hydrogen-bond donors (Lipinski definition) is 0. The van der Waals surface area contributed by atoms with E-state index in [1.807, 2.05) is 18.2 Å². The fourth-order valence-electron chi connectivity index (χ4n) is 0.977. The van der Waals surface area contributed by atoms with Gasteiger partial charge in [-0.2, -0.15) is 0 Å². The summed E-state index contributed by atoms with van der Waals surface area (Å²) < 4.78 is 0. The molecule has 0 heterocycles. The maximum absolute atomic E-state index is 11.5. The Morgan fingerprint density at radius 2 is 1.92 bits per heavy atom. The average molecular weight is 177 g/mol. The van der Waals surface area contributed by atoms with Crippen molar-refractivity contribution in [3.63, 3.8) is 0 Å². The molecule has 0 unspecified atom stereocenters. The fraction of sp³-hybridized carbons (Fsp3) is 0.200. The summed E-state index contributed by atoms with van der Waals surface area (Å²) in [6.07, 6.45) is 0. The van der Waals surface area contributed by atoms with Crippen molar-refractivity contribution in [2.24, 2.45) is 5.16 Å². The Kier molecular flexibility index (Phi) is 3.20. The second-order valence-electron chi connectivity index (χ2n) is 2.55. The zero-order valence-corrected chi connectivity index (χ0v) is 7.65. The van der Waals surface area contributed by atoms with Crippen LogP contribution in [0.3, 0.4) is 0 Å². The monoisotopic (exact) mass is 177 g/mol. The molecule has 13 heavy (non-hydrogen) atoms. The van der Waals surface area contributed by atoms with Gasteiger partial charge in [0, 0.05) is 5.56 Å². The molecule has 3 nitrogen and oxygen atoms in total. The number of carbonyl (C=O) groups excluding carboxylic acids is 1. The van der Waals surface area contributed by atoms with Gasteiger partial charge in [0.2, 0.25) is 5.78 Å². The van der Waals surface area contributed by atoms with Crippen molar-refractivity contribution in [1.82, 2.24) is 0 Å². The van der Waals surface area contributed by atoms with Crippen molar-refractivity contribution < 1.29 is 9.63 Å². The number of ketones is 1. The summed E-state index contributed by atoms with van der Waals surface area (Å²) in [5.74, 6) is -0.109. The molecular weight excluding hydrogens is 166 g/mol. The molecule has 1 aromatic carbocycles. The molecule has 0 atom stereocenters. The average Bonchev–Trinajstić information content (AvgIpc) is 2.18. The van der Waals surface area contributed by atoms with E-state index in [-0.39, 0.29) is 5.78 Å². The Balaban J connectivity index is 2.86. The van der Waals surface area contributed by atoms with Crippen LogP contribution in [0.25, 0.3) is 0 Å². The van der Waals surface area contributed by atoms with Crippen LogP contribution in [-0.2, 0) is 4.84 Å². The molecular formula is C10H11NO2.